The van der Waals surface area contributed by atoms with Crippen LogP contribution in [0.4, 0.5) is 5.69 Å². The molecular formula is C20H26N2O4S. The fraction of sp³-hybridized carbons (Fsp3) is 0.350. The molecule has 146 valence electrons. The predicted molar refractivity (Wildman–Crippen MR) is 107 cm³/mol. The van der Waals surface area contributed by atoms with Crippen LogP contribution in [0.25, 0.3) is 0 Å². The quantitative estimate of drug-likeness (QED) is 0.746. The van der Waals surface area contributed by atoms with Gasteiger partial charge in [-0.15, -0.1) is 0 Å². The molecule has 0 bridgehead atoms. The van der Waals surface area contributed by atoms with Crippen molar-refractivity contribution in [2.45, 2.75) is 31.6 Å². The van der Waals surface area contributed by atoms with Gasteiger partial charge in [-0.25, -0.2) is 8.42 Å². The number of ether oxygens (including phenoxy) is 1. The lowest BCUT2D eigenvalue weighted by atomic mass is 10.2. The lowest BCUT2D eigenvalue weighted by molar-refractivity contribution is 0.0793. The van der Waals surface area contributed by atoms with Crippen molar-refractivity contribution < 1.29 is 17.9 Å². The third-order valence-electron chi connectivity index (χ3n) is 4.20. The highest BCUT2D eigenvalue weighted by Gasteiger charge is 2.18. The van der Waals surface area contributed by atoms with Crippen molar-refractivity contribution in [2.75, 3.05) is 25.4 Å². The van der Waals surface area contributed by atoms with Gasteiger partial charge in [0.25, 0.3) is 15.9 Å². The molecule has 0 heterocycles. The molecule has 0 unspecified atom stereocenters. The van der Waals surface area contributed by atoms with Crippen molar-refractivity contribution in [3.05, 3.63) is 53.6 Å². The standard InChI is InChI=1S/C20H26N2O4S/c1-5-6-13-22(3)20(23)16-8-10-17(11-9-16)27(24,25)21-18-14-15(2)7-12-19(18)26-4/h7-12,14,21H,5-6,13H2,1-4H3. The van der Waals surface area contributed by atoms with Crippen LogP contribution in [0.2, 0.25) is 0 Å². The van der Waals surface area contributed by atoms with Gasteiger partial charge >= 0.3 is 0 Å². The first-order valence-electron chi connectivity index (χ1n) is 8.81. The lowest BCUT2D eigenvalue weighted by Gasteiger charge is -2.17. The van der Waals surface area contributed by atoms with Crippen LogP contribution in [0.3, 0.4) is 0 Å². The fourth-order valence-electron chi connectivity index (χ4n) is 2.60. The number of sulfonamides is 1. The number of amides is 1. The zero-order valence-corrected chi connectivity index (χ0v) is 17.0. The van der Waals surface area contributed by atoms with Gasteiger partial charge in [-0.05, 0) is 55.3 Å². The molecule has 27 heavy (non-hydrogen) atoms. The second-order valence-corrected chi connectivity index (χ2v) is 8.10. The van der Waals surface area contributed by atoms with Gasteiger partial charge in [-0.2, -0.15) is 0 Å². The minimum Gasteiger partial charge on any atom is -0.495 e. The van der Waals surface area contributed by atoms with Crippen molar-refractivity contribution in [2.24, 2.45) is 0 Å². The number of benzene rings is 2. The Hall–Kier alpha value is -2.54. The summed E-state index contributed by atoms with van der Waals surface area (Å²) in [6.07, 6.45) is 1.93. The molecule has 0 aliphatic rings. The summed E-state index contributed by atoms with van der Waals surface area (Å²) in [6.45, 7) is 4.60. The Morgan fingerprint density at radius 3 is 2.41 bits per heavy atom. The first kappa shape index (κ1) is 20.8. The fourth-order valence-corrected chi connectivity index (χ4v) is 3.66. The number of unbranched alkanes of at least 4 members (excludes halogenated alkanes) is 1. The summed E-state index contributed by atoms with van der Waals surface area (Å²) >= 11 is 0. The molecule has 0 atom stereocenters. The minimum atomic E-state index is -3.79. The molecule has 6 nitrogen and oxygen atoms in total. The first-order valence-corrected chi connectivity index (χ1v) is 10.3. The molecule has 0 radical (unpaired) electrons. The molecule has 0 aromatic heterocycles. The number of hydrogen-bond donors (Lipinski definition) is 1. The number of rotatable bonds is 8. The first-order chi connectivity index (χ1) is 12.8. The Bertz CT molecular complexity index is 893. The maximum atomic E-state index is 12.7. The third-order valence-corrected chi connectivity index (χ3v) is 5.59. The summed E-state index contributed by atoms with van der Waals surface area (Å²) < 4.78 is 33.1. The second kappa shape index (κ2) is 8.90. The smallest absolute Gasteiger partial charge is 0.262 e. The average Bonchev–Trinajstić information content (AvgIpc) is 2.65. The summed E-state index contributed by atoms with van der Waals surface area (Å²) in [7, 11) is -0.566. The van der Waals surface area contributed by atoms with Gasteiger partial charge in [0, 0.05) is 19.2 Å². The third kappa shape index (κ3) is 5.23. The van der Waals surface area contributed by atoms with Crippen molar-refractivity contribution in [1.29, 1.82) is 0 Å². The highest BCUT2D eigenvalue weighted by molar-refractivity contribution is 7.92. The van der Waals surface area contributed by atoms with Gasteiger partial charge in [0.1, 0.15) is 5.75 Å². The van der Waals surface area contributed by atoms with Gasteiger partial charge in [0.05, 0.1) is 17.7 Å². The molecule has 0 fully saturated rings. The van der Waals surface area contributed by atoms with E-state index in [9.17, 15) is 13.2 Å². The van der Waals surface area contributed by atoms with E-state index in [1.54, 1.807) is 24.1 Å². The zero-order chi connectivity index (χ0) is 20.0. The summed E-state index contributed by atoms with van der Waals surface area (Å²) in [5.41, 5.74) is 1.74. The van der Waals surface area contributed by atoms with E-state index in [0.29, 0.717) is 23.5 Å². The van der Waals surface area contributed by atoms with Crippen molar-refractivity contribution in [1.82, 2.24) is 4.90 Å². The van der Waals surface area contributed by atoms with Gasteiger partial charge in [0.2, 0.25) is 0 Å². The minimum absolute atomic E-state index is 0.0822. The monoisotopic (exact) mass is 390 g/mol. The van der Waals surface area contributed by atoms with Gasteiger partial charge in [0.15, 0.2) is 0 Å². The number of carbonyl (C=O) groups excluding carboxylic acids is 1. The van der Waals surface area contributed by atoms with E-state index in [1.165, 1.54) is 31.4 Å². The topological polar surface area (TPSA) is 75.7 Å². The normalized spacial score (nSPS) is 11.1. The predicted octanol–water partition coefficient (Wildman–Crippen LogP) is 3.68. The number of carbonyl (C=O) groups is 1. The number of nitrogens with one attached hydrogen (secondary N) is 1. The largest absolute Gasteiger partial charge is 0.495 e. The molecule has 2 rings (SSSR count). The SMILES string of the molecule is CCCCN(C)C(=O)c1ccc(S(=O)(=O)Nc2cc(C)ccc2OC)cc1. The summed E-state index contributed by atoms with van der Waals surface area (Å²) in [6, 6.07) is 11.2. The maximum Gasteiger partial charge on any atom is 0.262 e. The summed E-state index contributed by atoms with van der Waals surface area (Å²) in [5, 5.41) is 0. The summed E-state index contributed by atoms with van der Waals surface area (Å²) in [4.78, 5) is 14.1. The van der Waals surface area contributed by atoms with Gasteiger partial charge in [-0.1, -0.05) is 19.4 Å². The molecule has 2 aromatic rings. The Balaban J connectivity index is 2.20. The van der Waals surface area contributed by atoms with Crippen LogP contribution in [0.5, 0.6) is 5.75 Å². The van der Waals surface area contributed by atoms with Crippen molar-refractivity contribution >= 4 is 21.6 Å². The number of anilines is 1. The van der Waals surface area contributed by atoms with E-state index in [2.05, 4.69) is 11.6 Å². The van der Waals surface area contributed by atoms with Crippen LogP contribution in [-0.4, -0.2) is 39.9 Å². The highest BCUT2D eigenvalue weighted by atomic mass is 32.2. The van der Waals surface area contributed by atoms with Crippen LogP contribution < -0.4 is 9.46 Å². The van der Waals surface area contributed by atoms with E-state index in [1.807, 2.05) is 13.0 Å². The number of aryl methyl sites for hydroxylation is 1. The van der Waals surface area contributed by atoms with E-state index < -0.39 is 10.0 Å². The van der Waals surface area contributed by atoms with Gasteiger partial charge < -0.3 is 9.64 Å². The number of hydrogen-bond acceptors (Lipinski definition) is 4. The molecule has 1 amide bonds. The van der Waals surface area contributed by atoms with Crippen molar-refractivity contribution in [3.63, 3.8) is 0 Å². The van der Waals surface area contributed by atoms with Gasteiger partial charge in [-0.3, -0.25) is 9.52 Å². The van der Waals surface area contributed by atoms with E-state index in [-0.39, 0.29) is 10.8 Å². The Kier molecular flexibility index (Phi) is 6.85. The van der Waals surface area contributed by atoms with E-state index >= 15 is 0 Å². The maximum absolute atomic E-state index is 12.7. The molecule has 0 aliphatic carbocycles. The molecule has 0 spiro atoms. The Morgan fingerprint density at radius 2 is 1.81 bits per heavy atom. The molecule has 0 aliphatic heterocycles. The molecule has 2 aromatic carbocycles. The Labute approximate surface area is 161 Å². The van der Waals surface area contributed by atoms with E-state index in [4.69, 9.17) is 4.74 Å². The van der Waals surface area contributed by atoms with Crippen LogP contribution >= 0.6 is 0 Å². The van der Waals surface area contributed by atoms with Crippen LogP contribution in [0, 0.1) is 6.92 Å². The molecular weight excluding hydrogens is 364 g/mol. The Morgan fingerprint density at radius 1 is 1.15 bits per heavy atom. The molecule has 1 N–H and O–H groups in total. The average molecular weight is 391 g/mol. The number of methoxy groups -OCH3 is 1. The van der Waals surface area contributed by atoms with Crippen LogP contribution in [0.1, 0.15) is 35.7 Å². The molecule has 0 saturated carbocycles. The summed E-state index contributed by atoms with van der Waals surface area (Å²) in [5.74, 6) is 0.314. The highest BCUT2D eigenvalue weighted by Crippen LogP contribution is 2.28. The molecule has 7 heteroatoms. The molecule has 0 saturated heterocycles. The van der Waals surface area contributed by atoms with Crippen LogP contribution in [0.15, 0.2) is 47.4 Å². The zero-order valence-electron chi connectivity index (χ0n) is 16.2. The number of nitrogens with zero attached hydrogens (tertiary/aromatic N) is 1. The van der Waals surface area contributed by atoms with E-state index in [0.717, 1.165) is 18.4 Å². The van der Waals surface area contributed by atoms with Crippen molar-refractivity contribution in [3.8, 4) is 5.75 Å². The second-order valence-electron chi connectivity index (χ2n) is 6.41. The lowest BCUT2D eigenvalue weighted by Crippen LogP contribution is -2.27. The van der Waals surface area contributed by atoms with Crippen LogP contribution in [-0.2, 0) is 10.0 Å².